The molecule has 0 spiro atoms. The first kappa shape index (κ1) is 10.1. The second-order valence-electron chi connectivity index (χ2n) is 3.68. The summed E-state index contributed by atoms with van der Waals surface area (Å²) in [6, 6.07) is 5.98. The van der Waals surface area contributed by atoms with Crippen LogP contribution in [0.4, 0.5) is 4.39 Å². The Bertz CT molecular complexity index is 371. The first-order valence-electron chi connectivity index (χ1n) is 4.74. The molecule has 0 aliphatic carbocycles. The third kappa shape index (κ3) is 1.51. The first-order chi connectivity index (χ1) is 7.19. The minimum atomic E-state index is -0.623. The van der Waals surface area contributed by atoms with Crippen LogP contribution in [0.3, 0.4) is 0 Å². The Hall–Kier alpha value is -1.42. The fraction of sp³-hybridized carbons (Fsp3) is 0.364. The van der Waals surface area contributed by atoms with Crippen molar-refractivity contribution >= 4 is 5.97 Å². The Kier molecular flexibility index (Phi) is 2.44. The van der Waals surface area contributed by atoms with Gasteiger partial charge in [-0.2, -0.15) is 0 Å². The number of halogens is 1. The van der Waals surface area contributed by atoms with Gasteiger partial charge in [-0.1, -0.05) is 12.1 Å². The minimum Gasteiger partial charge on any atom is -0.468 e. The second-order valence-corrected chi connectivity index (χ2v) is 3.68. The number of ether oxygens (including phenoxy) is 1. The lowest BCUT2D eigenvalue weighted by Gasteiger charge is -2.40. The molecule has 0 saturated carbocycles. The minimum absolute atomic E-state index is 0.271. The summed E-state index contributed by atoms with van der Waals surface area (Å²) in [5.74, 6) is -0.570. The Morgan fingerprint density at radius 3 is 2.40 bits per heavy atom. The van der Waals surface area contributed by atoms with E-state index in [1.807, 2.05) is 0 Å². The number of esters is 1. The van der Waals surface area contributed by atoms with Crippen molar-refractivity contribution in [3.05, 3.63) is 35.6 Å². The lowest BCUT2D eigenvalue weighted by atomic mass is 9.75. The molecular formula is C11H12FNO2. The molecule has 4 heteroatoms. The Labute approximate surface area is 87.2 Å². The van der Waals surface area contributed by atoms with E-state index in [-0.39, 0.29) is 11.8 Å². The van der Waals surface area contributed by atoms with Gasteiger partial charge in [-0.3, -0.25) is 4.79 Å². The van der Waals surface area contributed by atoms with E-state index in [9.17, 15) is 9.18 Å². The predicted molar refractivity (Wildman–Crippen MR) is 53.0 cm³/mol. The van der Waals surface area contributed by atoms with E-state index in [2.05, 4.69) is 5.32 Å². The van der Waals surface area contributed by atoms with Gasteiger partial charge >= 0.3 is 5.97 Å². The van der Waals surface area contributed by atoms with Crippen molar-refractivity contribution in [3.8, 4) is 0 Å². The number of hydrogen-bond donors (Lipinski definition) is 1. The first-order valence-corrected chi connectivity index (χ1v) is 4.74. The fourth-order valence-corrected chi connectivity index (χ4v) is 1.81. The highest BCUT2D eigenvalue weighted by atomic mass is 19.1. The van der Waals surface area contributed by atoms with Crippen LogP contribution in [0.25, 0.3) is 0 Å². The molecule has 1 aliphatic rings. The van der Waals surface area contributed by atoms with E-state index in [0.717, 1.165) is 5.56 Å². The van der Waals surface area contributed by atoms with Gasteiger partial charge in [0.15, 0.2) is 0 Å². The molecule has 0 atom stereocenters. The molecule has 1 N–H and O–H groups in total. The fourth-order valence-electron chi connectivity index (χ4n) is 1.81. The quantitative estimate of drug-likeness (QED) is 0.733. The van der Waals surface area contributed by atoms with E-state index in [4.69, 9.17) is 4.74 Å². The van der Waals surface area contributed by atoms with Gasteiger partial charge < -0.3 is 10.1 Å². The van der Waals surface area contributed by atoms with Gasteiger partial charge in [-0.15, -0.1) is 0 Å². The van der Waals surface area contributed by atoms with Crippen LogP contribution < -0.4 is 5.32 Å². The monoisotopic (exact) mass is 209 g/mol. The van der Waals surface area contributed by atoms with E-state index >= 15 is 0 Å². The molecule has 0 aromatic heterocycles. The molecule has 15 heavy (non-hydrogen) atoms. The zero-order valence-electron chi connectivity index (χ0n) is 8.42. The topological polar surface area (TPSA) is 38.3 Å². The van der Waals surface area contributed by atoms with Crippen LogP contribution in [-0.2, 0) is 14.9 Å². The summed E-state index contributed by atoms with van der Waals surface area (Å²) in [6.07, 6.45) is 0. The van der Waals surface area contributed by atoms with Gasteiger partial charge in [-0.05, 0) is 17.7 Å². The second kappa shape index (κ2) is 3.62. The summed E-state index contributed by atoms with van der Waals surface area (Å²) in [6.45, 7) is 1.09. The SMILES string of the molecule is COC(=O)C1(c2ccc(F)cc2)CNC1. The van der Waals surface area contributed by atoms with Gasteiger partial charge in [0, 0.05) is 13.1 Å². The molecule has 1 aromatic carbocycles. The summed E-state index contributed by atoms with van der Waals surface area (Å²) in [7, 11) is 1.37. The maximum Gasteiger partial charge on any atom is 0.318 e. The summed E-state index contributed by atoms with van der Waals surface area (Å²) in [4.78, 5) is 11.6. The zero-order valence-corrected chi connectivity index (χ0v) is 8.42. The number of carbonyl (C=O) groups is 1. The van der Waals surface area contributed by atoms with Gasteiger partial charge in [0.1, 0.15) is 11.2 Å². The maximum absolute atomic E-state index is 12.7. The van der Waals surface area contributed by atoms with Crippen molar-refractivity contribution < 1.29 is 13.9 Å². The Balaban J connectivity index is 2.34. The number of carbonyl (C=O) groups excluding carboxylic acids is 1. The highest BCUT2D eigenvalue weighted by Gasteiger charge is 2.46. The van der Waals surface area contributed by atoms with Gasteiger partial charge in [0.25, 0.3) is 0 Å². The van der Waals surface area contributed by atoms with Crippen LogP contribution in [0, 0.1) is 5.82 Å². The lowest BCUT2D eigenvalue weighted by molar-refractivity contribution is -0.149. The highest BCUT2D eigenvalue weighted by Crippen LogP contribution is 2.29. The van der Waals surface area contributed by atoms with Crippen molar-refractivity contribution in [3.63, 3.8) is 0 Å². The summed E-state index contributed by atoms with van der Waals surface area (Å²) < 4.78 is 17.5. The third-order valence-corrected chi connectivity index (χ3v) is 2.83. The van der Waals surface area contributed by atoms with Crippen LogP contribution in [0.15, 0.2) is 24.3 Å². The van der Waals surface area contributed by atoms with Gasteiger partial charge in [0.2, 0.25) is 0 Å². The van der Waals surface area contributed by atoms with Gasteiger partial charge in [0.05, 0.1) is 7.11 Å². The molecule has 2 rings (SSSR count). The summed E-state index contributed by atoms with van der Waals surface area (Å²) >= 11 is 0. The molecule has 0 unspecified atom stereocenters. The number of hydrogen-bond acceptors (Lipinski definition) is 3. The van der Waals surface area contributed by atoms with Crippen molar-refractivity contribution in [2.75, 3.05) is 20.2 Å². The molecule has 3 nitrogen and oxygen atoms in total. The van der Waals surface area contributed by atoms with Crippen LogP contribution in [-0.4, -0.2) is 26.2 Å². The maximum atomic E-state index is 12.7. The zero-order chi connectivity index (χ0) is 10.9. The number of benzene rings is 1. The van der Waals surface area contributed by atoms with Crippen molar-refractivity contribution in [1.82, 2.24) is 5.32 Å². The van der Waals surface area contributed by atoms with Crippen LogP contribution in [0.2, 0.25) is 0 Å². The Morgan fingerprint density at radius 1 is 1.40 bits per heavy atom. The molecule has 1 heterocycles. The molecule has 1 saturated heterocycles. The Morgan fingerprint density at radius 2 is 2.00 bits per heavy atom. The predicted octanol–water partition coefficient (Wildman–Crippen LogP) is 0.840. The molecular weight excluding hydrogens is 197 g/mol. The average Bonchev–Trinajstić information content (AvgIpc) is 2.19. The lowest BCUT2D eigenvalue weighted by Crippen LogP contribution is -2.61. The van der Waals surface area contributed by atoms with E-state index < -0.39 is 5.41 Å². The van der Waals surface area contributed by atoms with Crippen molar-refractivity contribution in [1.29, 1.82) is 0 Å². The van der Waals surface area contributed by atoms with E-state index in [1.54, 1.807) is 12.1 Å². The normalized spacial score (nSPS) is 18.0. The standard InChI is InChI=1S/C11H12FNO2/c1-15-10(14)11(6-13-7-11)8-2-4-9(12)5-3-8/h2-5,13H,6-7H2,1H3. The molecule has 0 radical (unpaired) electrons. The molecule has 0 amide bonds. The van der Waals surface area contributed by atoms with E-state index in [0.29, 0.717) is 13.1 Å². The highest BCUT2D eigenvalue weighted by molar-refractivity contribution is 5.85. The molecule has 0 bridgehead atoms. The number of rotatable bonds is 2. The molecule has 1 aliphatic heterocycles. The average molecular weight is 209 g/mol. The van der Waals surface area contributed by atoms with Gasteiger partial charge in [-0.25, -0.2) is 4.39 Å². The number of nitrogens with one attached hydrogen (secondary N) is 1. The van der Waals surface area contributed by atoms with Crippen LogP contribution >= 0.6 is 0 Å². The third-order valence-electron chi connectivity index (χ3n) is 2.83. The van der Waals surface area contributed by atoms with Crippen molar-refractivity contribution in [2.45, 2.75) is 5.41 Å². The molecule has 1 fully saturated rings. The molecule has 1 aromatic rings. The number of methoxy groups -OCH3 is 1. The van der Waals surface area contributed by atoms with E-state index in [1.165, 1.54) is 19.2 Å². The van der Waals surface area contributed by atoms with Crippen molar-refractivity contribution in [2.24, 2.45) is 0 Å². The summed E-state index contributed by atoms with van der Waals surface area (Å²) in [5.41, 5.74) is 0.178. The van der Waals surface area contributed by atoms with Crippen LogP contribution in [0.5, 0.6) is 0 Å². The van der Waals surface area contributed by atoms with Crippen LogP contribution in [0.1, 0.15) is 5.56 Å². The summed E-state index contributed by atoms with van der Waals surface area (Å²) in [5, 5.41) is 3.04. The molecule has 80 valence electrons. The largest absolute Gasteiger partial charge is 0.468 e. The smallest absolute Gasteiger partial charge is 0.318 e.